The zero-order valence-corrected chi connectivity index (χ0v) is 5.78. The lowest BCUT2D eigenvalue weighted by atomic mass is 10.5. The molecule has 0 rings (SSSR count). The highest BCUT2D eigenvalue weighted by atomic mass is 16.3. The molecule has 4 nitrogen and oxygen atoms in total. The van der Waals surface area contributed by atoms with E-state index < -0.39 is 12.5 Å². The molecule has 56 valence electrons. The van der Waals surface area contributed by atoms with Crippen LogP contribution in [0, 0.1) is 0 Å². The van der Waals surface area contributed by atoms with Crippen molar-refractivity contribution >= 4 is 0 Å². The summed E-state index contributed by atoms with van der Waals surface area (Å²) in [4.78, 5) is 1.35. The Bertz CT molecular complexity index is 67.4. The minimum atomic E-state index is -0.685. The fourth-order valence-corrected chi connectivity index (χ4v) is 0.617. The first-order chi connectivity index (χ1) is 4.09. The number of nitrogens with zero attached hydrogens (tertiary/aromatic N) is 1. The molecule has 2 atom stereocenters. The molecule has 0 bridgehead atoms. The molecule has 4 N–H and O–H groups in total. The van der Waals surface area contributed by atoms with Crippen LogP contribution in [-0.2, 0) is 0 Å². The van der Waals surface area contributed by atoms with Crippen molar-refractivity contribution in [3.05, 3.63) is 0 Å². The first-order valence-corrected chi connectivity index (χ1v) is 2.91. The molecule has 0 fully saturated rings. The van der Waals surface area contributed by atoms with Crippen molar-refractivity contribution in [1.29, 1.82) is 0 Å². The summed E-state index contributed by atoms with van der Waals surface area (Å²) in [5, 5.41) is 17.7. The summed E-state index contributed by atoms with van der Waals surface area (Å²) in [5.41, 5.74) is 5.18. The fourth-order valence-electron chi connectivity index (χ4n) is 0.617. The largest absolute Gasteiger partial charge is 0.379 e. The summed E-state index contributed by atoms with van der Waals surface area (Å²) < 4.78 is 0. The SMILES string of the molecule is CC(O)N(CN)C(C)O. The molecule has 0 heterocycles. The molecule has 0 amide bonds. The van der Waals surface area contributed by atoms with Crippen molar-refractivity contribution in [2.24, 2.45) is 5.73 Å². The molecule has 0 saturated heterocycles. The molecule has 0 aromatic carbocycles. The van der Waals surface area contributed by atoms with Gasteiger partial charge in [0.1, 0.15) is 12.5 Å². The molecule has 0 radical (unpaired) electrons. The van der Waals surface area contributed by atoms with Crippen LogP contribution in [-0.4, -0.2) is 34.2 Å². The minimum Gasteiger partial charge on any atom is -0.379 e. The van der Waals surface area contributed by atoms with E-state index in [2.05, 4.69) is 0 Å². The van der Waals surface area contributed by atoms with Crippen molar-refractivity contribution in [2.45, 2.75) is 26.3 Å². The van der Waals surface area contributed by atoms with Gasteiger partial charge in [-0.15, -0.1) is 0 Å². The summed E-state index contributed by atoms with van der Waals surface area (Å²) in [6.07, 6.45) is -1.37. The van der Waals surface area contributed by atoms with Crippen LogP contribution >= 0.6 is 0 Å². The van der Waals surface area contributed by atoms with Crippen molar-refractivity contribution < 1.29 is 10.2 Å². The quantitative estimate of drug-likeness (QED) is 0.428. The van der Waals surface area contributed by atoms with Crippen molar-refractivity contribution in [3.8, 4) is 0 Å². The van der Waals surface area contributed by atoms with Crippen LogP contribution in [0.15, 0.2) is 0 Å². The Hall–Kier alpha value is -0.160. The number of rotatable bonds is 3. The van der Waals surface area contributed by atoms with Crippen LogP contribution in [0.1, 0.15) is 13.8 Å². The Morgan fingerprint density at radius 2 is 1.67 bits per heavy atom. The van der Waals surface area contributed by atoms with E-state index >= 15 is 0 Å². The second-order valence-corrected chi connectivity index (χ2v) is 1.96. The second kappa shape index (κ2) is 3.79. The van der Waals surface area contributed by atoms with Gasteiger partial charge in [-0.1, -0.05) is 0 Å². The van der Waals surface area contributed by atoms with E-state index in [1.807, 2.05) is 0 Å². The van der Waals surface area contributed by atoms with E-state index in [1.165, 1.54) is 4.90 Å². The number of aliphatic hydroxyl groups is 2. The molecule has 4 heteroatoms. The normalized spacial score (nSPS) is 18.0. The fraction of sp³-hybridized carbons (Fsp3) is 1.00. The Balaban J connectivity index is 3.68. The molecule has 0 aromatic heterocycles. The van der Waals surface area contributed by atoms with Gasteiger partial charge in [0.15, 0.2) is 0 Å². The third kappa shape index (κ3) is 2.76. The number of hydrogen-bond acceptors (Lipinski definition) is 4. The lowest BCUT2D eigenvalue weighted by molar-refractivity contribution is -0.0823. The lowest BCUT2D eigenvalue weighted by Gasteiger charge is -2.25. The number of nitrogens with two attached hydrogens (primary N) is 1. The number of aliphatic hydroxyl groups excluding tert-OH is 2. The Morgan fingerprint density at radius 3 is 1.67 bits per heavy atom. The highest BCUT2D eigenvalue weighted by Gasteiger charge is 2.12. The van der Waals surface area contributed by atoms with Crippen molar-refractivity contribution in [3.63, 3.8) is 0 Å². The average molecular weight is 134 g/mol. The van der Waals surface area contributed by atoms with E-state index in [0.29, 0.717) is 0 Å². The maximum absolute atomic E-state index is 8.87. The van der Waals surface area contributed by atoms with E-state index in [-0.39, 0.29) is 6.67 Å². The first kappa shape index (κ1) is 8.84. The molecule has 0 aliphatic heterocycles. The molecular formula is C5H14N2O2. The third-order valence-electron chi connectivity index (χ3n) is 1.17. The smallest absolute Gasteiger partial charge is 0.107 e. The first-order valence-electron chi connectivity index (χ1n) is 2.91. The van der Waals surface area contributed by atoms with Crippen LogP contribution in [0.4, 0.5) is 0 Å². The van der Waals surface area contributed by atoms with Crippen molar-refractivity contribution in [1.82, 2.24) is 4.90 Å². The summed E-state index contributed by atoms with van der Waals surface area (Å²) in [6, 6.07) is 0. The van der Waals surface area contributed by atoms with E-state index in [9.17, 15) is 0 Å². The minimum absolute atomic E-state index is 0.162. The van der Waals surface area contributed by atoms with Gasteiger partial charge in [-0.05, 0) is 13.8 Å². The Morgan fingerprint density at radius 1 is 1.33 bits per heavy atom. The van der Waals surface area contributed by atoms with Crippen LogP contribution in [0.25, 0.3) is 0 Å². The molecule has 0 saturated carbocycles. The van der Waals surface area contributed by atoms with Gasteiger partial charge in [-0.25, -0.2) is 4.90 Å². The lowest BCUT2D eigenvalue weighted by Crippen LogP contribution is -2.43. The van der Waals surface area contributed by atoms with Gasteiger partial charge in [-0.2, -0.15) is 0 Å². The predicted octanol–water partition coefficient (Wildman–Crippen LogP) is -1.12. The van der Waals surface area contributed by atoms with Gasteiger partial charge in [0.2, 0.25) is 0 Å². The van der Waals surface area contributed by atoms with E-state index in [4.69, 9.17) is 15.9 Å². The van der Waals surface area contributed by atoms with Gasteiger partial charge >= 0.3 is 0 Å². The summed E-state index contributed by atoms with van der Waals surface area (Å²) in [6.45, 7) is 3.27. The third-order valence-corrected chi connectivity index (χ3v) is 1.17. The summed E-state index contributed by atoms with van der Waals surface area (Å²) >= 11 is 0. The van der Waals surface area contributed by atoms with Crippen LogP contribution in [0.3, 0.4) is 0 Å². The summed E-state index contributed by atoms with van der Waals surface area (Å²) in [7, 11) is 0. The average Bonchev–Trinajstić information content (AvgIpc) is 1.64. The van der Waals surface area contributed by atoms with Crippen LogP contribution < -0.4 is 5.73 Å². The highest BCUT2D eigenvalue weighted by Crippen LogP contribution is 1.96. The Kier molecular flexibility index (Phi) is 3.72. The van der Waals surface area contributed by atoms with Crippen LogP contribution in [0.2, 0.25) is 0 Å². The van der Waals surface area contributed by atoms with E-state index in [1.54, 1.807) is 13.8 Å². The molecule has 0 aromatic rings. The zero-order chi connectivity index (χ0) is 7.44. The standard InChI is InChI=1S/C5H14N2O2/c1-4(8)7(3-6)5(2)9/h4-5,8-9H,3,6H2,1-2H3. The van der Waals surface area contributed by atoms with Gasteiger partial charge < -0.3 is 15.9 Å². The molecule has 9 heavy (non-hydrogen) atoms. The van der Waals surface area contributed by atoms with Gasteiger partial charge in [-0.3, -0.25) is 0 Å². The highest BCUT2D eigenvalue weighted by molar-refractivity contribution is 4.53. The van der Waals surface area contributed by atoms with Gasteiger partial charge in [0.05, 0.1) is 6.67 Å². The molecule has 0 aliphatic rings. The van der Waals surface area contributed by atoms with E-state index in [0.717, 1.165) is 0 Å². The molecule has 0 aliphatic carbocycles. The predicted molar refractivity (Wildman–Crippen MR) is 34.3 cm³/mol. The maximum Gasteiger partial charge on any atom is 0.107 e. The molecule has 2 unspecified atom stereocenters. The topological polar surface area (TPSA) is 69.7 Å². The summed E-state index contributed by atoms with van der Waals surface area (Å²) in [5.74, 6) is 0. The van der Waals surface area contributed by atoms with Crippen molar-refractivity contribution in [2.75, 3.05) is 6.67 Å². The van der Waals surface area contributed by atoms with Gasteiger partial charge in [0.25, 0.3) is 0 Å². The monoisotopic (exact) mass is 134 g/mol. The Labute approximate surface area is 54.9 Å². The van der Waals surface area contributed by atoms with Gasteiger partial charge in [0, 0.05) is 0 Å². The number of hydrogen-bond donors (Lipinski definition) is 3. The molecule has 0 spiro atoms. The molecular weight excluding hydrogens is 120 g/mol. The second-order valence-electron chi connectivity index (χ2n) is 1.96. The van der Waals surface area contributed by atoms with Crippen LogP contribution in [0.5, 0.6) is 0 Å². The maximum atomic E-state index is 8.87. The zero-order valence-electron chi connectivity index (χ0n) is 5.78.